The van der Waals surface area contributed by atoms with Crippen molar-refractivity contribution >= 4 is 10.8 Å². The SMILES string of the molecule is C=CC(CC)C(N)CC1CCCCC1.CNC(C)c1ccc2ccccc2c1. The van der Waals surface area contributed by atoms with Gasteiger partial charge in [-0.3, -0.25) is 0 Å². The zero-order chi connectivity index (χ0) is 20.4. The lowest BCUT2D eigenvalue weighted by Crippen LogP contribution is -2.31. The molecule has 154 valence electrons. The summed E-state index contributed by atoms with van der Waals surface area (Å²) < 4.78 is 0. The quantitative estimate of drug-likeness (QED) is 0.530. The van der Waals surface area contributed by atoms with Crippen LogP contribution in [-0.4, -0.2) is 13.1 Å². The Morgan fingerprint density at radius 2 is 1.79 bits per heavy atom. The van der Waals surface area contributed by atoms with E-state index in [1.165, 1.54) is 54.9 Å². The smallest absolute Gasteiger partial charge is 0.0289 e. The van der Waals surface area contributed by atoms with Gasteiger partial charge in [0.1, 0.15) is 0 Å². The van der Waals surface area contributed by atoms with Crippen molar-refractivity contribution in [1.82, 2.24) is 5.32 Å². The van der Waals surface area contributed by atoms with E-state index in [1.807, 2.05) is 13.1 Å². The normalized spacial score (nSPS) is 18.0. The molecule has 3 rings (SSSR count). The van der Waals surface area contributed by atoms with E-state index in [0.29, 0.717) is 18.0 Å². The topological polar surface area (TPSA) is 38.0 Å². The molecule has 0 aromatic heterocycles. The minimum atomic E-state index is 0.348. The van der Waals surface area contributed by atoms with Crippen LogP contribution >= 0.6 is 0 Å². The Morgan fingerprint density at radius 1 is 1.11 bits per heavy atom. The molecule has 0 radical (unpaired) electrons. The molecule has 0 heterocycles. The molecular weight excluding hydrogens is 340 g/mol. The molecule has 3 unspecified atom stereocenters. The molecule has 0 spiro atoms. The number of fused-ring (bicyclic) bond motifs is 1. The maximum atomic E-state index is 6.20. The van der Waals surface area contributed by atoms with E-state index in [9.17, 15) is 0 Å². The maximum absolute atomic E-state index is 6.20. The van der Waals surface area contributed by atoms with Gasteiger partial charge in [-0.2, -0.15) is 0 Å². The van der Waals surface area contributed by atoms with Crippen molar-refractivity contribution in [3.05, 3.63) is 60.7 Å². The van der Waals surface area contributed by atoms with E-state index < -0.39 is 0 Å². The van der Waals surface area contributed by atoms with Crippen molar-refractivity contribution in [3.8, 4) is 0 Å². The van der Waals surface area contributed by atoms with Crippen LogP contribution in [0.1, 0.15) is 70.4 Å². The maximum Gasteiger partial charge on any atom is 0.0289 e. The van der Waals surface area contributed by atoms with E-state index in [-0.39, 0.29) is 0 Å². The molecule has 0 amide bonds. The van der Waals surface area contributed by atoms with Crippen LogP contribution in [0.5, 0.6) is 0 Å². The molecule has 3 N–H and O–H groups in total. The van der Waals surface area contributed by atoms with Crippen molar-refractivity contribution in [3.63, 3.8) is 0 Å². The number of benzene rings is 2. The Bertz CT molecular complexity index is 702. The molecule has 0 saturated heterocycles. The molecule has 0 bridgehead atoms. The van der Waals surface area contributed by atoms with E-state index in [4.69, 9.17) is 5.73 Å². The molecule has 2 aromatic rings. The zero-order valence-electron chi connectivity index (χ0n) is 18.2. The van der Waals surface area contributed by atoms with Gasteiger partial charge in [-0.05, 0) is 61.1 Å². The first kappa shape index (κ1) is 22.6. The fraction of sp³-hybridized carbons (Fsp3) is 0.538. The van der Waals surface area contributed by atoms with Gasteiger partial charge in [-0.1, -0.05) is 81.5 Å². The standard InChI is InChI=1S/C13H15N.C13H25N/c1-10(14-2)12-8-7-11-5-3-4-6-13(11)9-12;1-3-12(4-2)13(14)10-11-8-6-5-7-9-11/h3-10,14H,1-2H3;3,11-13H,1,4-10,14H2,2H3. The fourth-order valence-corrected chi connectivity index (χ4v) is 4.27. The predicted octanol–water partition coefficient (Wildman–Crippen LogP) is 6.62. The third kappa shape index (κ3) is 6.76. The van der Waals surface area contributed by atoms with Gasteiger partial charge >= 0.3 is 0 Å². The summed E-state index contributed by atoms with van der Waals surface area (Å²) in [7, 11) is 1.99. The second-order valence-corrected chi connectivity index (χ2v) is 8.33. The van der Waals surface area contributed by atoms with E-state index in [1.54, 1.807) is 0 Å². The molecule has 1 aliphatic rings. The van der Waals surface area contributed by atoms with Gasteiger partial charge in [0.05, 0.1) is 0 Å². The Kier molecular flexibility index (Phi) is 9.73. The zero-order valence-corrected chi connectivity index (χ0v) is 18.2. The minimum Gasteiger partial charge on any atom is -0.327 e. The van der Waals surface area contributed by atoms with Crippen LogP contribution in [0, 0.1) is 11.8 Å². The Morgan fingerprint density at radius 3 is 2.39 bits per heavy atom. The van der Waals surface area contributed by atoms with Crippen LogP contribution in [0.3, 0.4) is 0 Å². The van der Waals surface area contributed by atoms with Crippen molar-refractivity contribution in [1.29, 1.82) is 0 Å². The Labute approximate surface area is 172 Å². The lowest BCUT2D eigenvalue weighted by atomic mass is 9.81. The molecule has 1 fully saturated rings. The van der Waals surface area contributed by atoms with Gasteiger partial charge in [-0.25, -0.2) is 0 Å². The first-order valence-electron chi connectivity index (χ1n) is 11.1. The summed E-state index contributed by atoms with van der Waals surface area (Å²) in [5.74, 6) is 1.42. The summed E-state index contributed by atoms with van der Waals surface area (Å²) in [4.78, 5) is 0. The lowest BCUT2D eigenvalue weighted by molar-refractivity contribution is 0.294. The van der Waals surface area contributed by atoms with Crippen molar-refractivity contribution in [2.75, 3.05) is 7.05 Å². The molecule has 2 aromatic carbocycles. The van der Waals surface area contributed by atoms with E-state index in [0.717, 1.165) is 12.3 Å². The monoisotopic (exact) mass is 380 g/mol. The average molecular weight is 381 g/mol. The molecule has 3 atom stereocenters. The number of rotatable bonds is 7. The Balaban J connectivity index is 0.000000200. The fourth-order valence-electron chi connectivity index (χ4n) is 4.27. The van der Waals surface area contributed by atoms with Crippen LogP contribution in [0.4, 0.5) is 0 Å². The van der Waals surface area contributed by atoms with Gasteiger partial charge in [-0.15, -0.1) is 6.58 Å². The summed E-state index contributed by atoms with van der Waals surface area (Å²) in [6.07, 6.45) is 11.5. The number of hydrogen-bond donors (Lipinski definition) is 2. The van der Waals surface area contributed by atoms with Crippen LogP contribution in [0.2, 0.25) is 0 Å². The van der Waals surface area contributed by atoms with Crippen LogP contribution in [0.15, 0.2) is 55.1 Å². The molecule has 1 aliphatic carbocycles. The molecule has 0 aliphatic heterocycles. The number of hydrogen-bond acceptors (Lipinski definition) is 2. The van der Waals surface area contributed by atoms with Crippen LogP contribution in [-0.2, 0) is 0 Å². The summed E-state index contributed by atoms with van der Waals surface area (Å²) in [5, 5.41) is 5.86. The van der Waals surface area contributed by atoms with Crippen molar-refractivity contribution < 1.29 is 0 Å². The molecule has 2 heteroatoms. The third-order valence-corrected chi connectivity index (χ3v) is 6.36. The summed E-state index contributed by atoms with van der Waals surface area (Å²) in [6.45, 7) is 8.24. The lowest BCUT2D eigenvalue weighted by Gasteiger charge is -2.27. The Hall–Kier alpha value is -1.64. The average Bonchev–Trinajstić information content (AvgIpc) is 2.75. The third-order valence-electron chi connectivity index (χ3n) is 6.36. The van der Waals surface area contributed by atoms with Gasteiger partial charge in [0.15, 0.2) is 0 Å². The minimum absolute atomic E-state index is 0.348. The van der Waals surface area contributed by atoms with E-state index in [2.05, 4.69) is 68.2 Å². The summed E-state index contributed by atoms with van der Waals surface area (Å²) in [6, 6.07) is 15.8. The molecule has 1 saturated carbocycles. The highest BCUT2D eigenvalue weighted by Crippen LogP contribution is 2.29. The van der Waals surface area contributed by atoms with Crippen molar-refractivity contribution in [2.45, 2.75) is 70.9 Å². The first-order valence-corrected chi connectivity index (χ1v) is 11.1. The molecule has 28 heavy (non-hydrogen) atoms. The molecular formula is C26H40N2. The van der Waals surface area contributed by atoms with Crippen molar-refractivity contribution in [2.24, 2.45) is 17.6 Å². The highest BCUT2D eigenvalue weighted by molar-refractivity contribution is 5.83. The van der Waals surface area contributed by atoms with Gasteiger partial charge < -0.3 is 11.1 Å². The second-order valence-electron chi connectivity index (χ2n) is 8.33. The highest BCUT2D eigenvalue weighted by atomic mass is 14.8. The summed E-state index contributed by atoms with van der Waals surface area (Å²) in [5.41, 5.74) is 7.54. The van der Waals surface area contributed by atoms with Gasteiger partial charge in [0.2, 0.25) is 0 Å². The summed E-state index contributed by atoms with van der Waals surface area (Å²) >= 11 is 0. The van der Waals surface area contributed by atoms with Crippen LogP contribution < -0.4 is 11.1 Å². The first-order chi connectivity index (χ1) is 13.6. The predicted molar refractivity (Wildman–Crippen MR) is 125 cm³/mol. The van der Waals surface area contributed by atoms with E-state index >= 15 is 0 Å². The van der Waals surface area contributed by atoms with Gasteiger partial charge in [0.25, 0.3) is 0 Å². The number of nitrogens with one attached hydrogen (secondary N) is 1. The number of nitrogens with two attached hydrogens (primary N) is 1. The highest BCUT2D eigenvalue weighted by Gasteiger charge is 2.20. The largest absolute Gasteiger partial charge is 0.327 e. The second kappa shape index (κ2) is 12.0. The van der Waals surface area contributed by atoms with Gasteiger partial charge in [0, 0.05) is 12.1 Å². The van der Waals surface area contributed by atoms with Crippen LogP contribution in [0.25, 0.3) is 10.8 Å². The molecule has 2 nitrogen and oxygen atoms in total.